The summed E-state index contributed by atoms with van der Waals surface area (Å²) in [5.74, 6) is -1.99. The molecular weight excluding hydrogens is 486 g/mol. The number of aryl methyl sites for hydroxylation is 1. The molecule has 11 heteroatoms. The van der Waals surface area contributed by atoms with Crippen LogP contribution in [0.15, 0.2) is 36.4 Å². The van der Waals surface area contributed by atoms with Crippen LogP contribution >= 0.6 is 12.2 Å². The quantitative estimate of drug-likeness (QED) is 0.337. The number of aliphatic hydroxyl groups is 1. The van der Waals surface area contributed by atoms with Crippen molar-refractivity contribution < 1.29 is 32.2 Å². The second-order valence-electron chi connectivity index (χ2n) is 8.54. The smallest absolute Gasteiger partial charge is 0.420 e. The molecule has 0 bridgehead atoms. The number of halogens is 4. The summed E-state index contributed by atoms with van der Waals surface area (Å²) in [7, 11) is 1.32. The molecule has 1 fully saturated rings. The highest BCUT2D eigenvalue weighted by molar-refractivity contribution is 7.80. The first-order valence-electron chi connectivity index (χ1n) is 10.6. The van der Waals surface area contributed by atoms with Crippen LogP contribution in [0.1, 0.15) is 43.4 Å². The van der Waals surface area contributed by atoms with Gasteiger partial charge in [0.05, 0.1) is 30.0 Å². The lowest BCUT2D eigenvalue weighted by Crippen LogP contribution is -2.47. The van der Waals surface area contributed by atoms with Crippen LogP contribution in [0.25, 0.3) is 0 Å². The van der Waals surface area contributed by atoms with E-state index in [-0.39, 0.29) is 17.5 Å². The van der Waals surface area contributed by atoms with E-state index < -0.39 is 40.6 Å². The van der Waals surface area contributed by atoms with Gasteiger partial charge in [0.2, 0.25) is 0 Å². The summed E-state index contributed by atoms with van der Waals surface area (Å²) in [6.45, 7) is 3.25. The normalized spacial score (nSPS) is 17.5. The zero-order valence-corrected chi connectivity index (χ0v) is 20.0. The Hall–Kier alpha value is -3.23. The Bertz CT molecular complexity index is 1180. The summed E-state index contributed by atoms with van der Waals surface area (Å²) >= 11 is 5.48. The number of nitriles is 1. The van der Waals surface area contributed by atoms with Crippen molar-refractivity contribution in [1.82, 2.24) is 0 Å². The first-order valence-corrected chi connectivity index (χ1v) is 11.0. The topological polar surface area (TPSA) is 76.8 Å². The molecule has 1 aliphatic heterocycles. The second-order valence-corrected chi connectivity index (χ2v) is 8.91. The Labute approximate surface area is 205 Å². The van der Waals surface area contributed by atoms with Gasteiger partial charge in [0, 0.05) is 12.1 Å². The fourth-order valence-electron chi connectivity index (χ4n) is 4.04. The van der Waals surface area contributed by atoms with Gasteiger partial charge >= 0.3 is 12.1 Å². The minimum atomic E-state index is -5.11. The molecule has 0 saturated carbocycles. The third-order valence-electron chi connectivity index (χ3n) is 5.90. The van der Waals surface area contributed by atoms with Crippen LogP contribution in [0.4, 0.5) is 28.9 Å². The van der Waals surface area contributed by atoms with Gasteiger partial charge < -0.3 is 14.7 Å². The Balaban J connectivity index is 1.94. The monoisotopic (exact) mass is 509 g/mol. The molecule has 3 rings (SSSR count). The predicted octanol–water partition coefficient (Wildman–Crippen LogP) is 4.92. The van der Waals surface area contributed by atoms with E-state index in [2.05, 4.69) is 4.74 Å². The van der Waals surface area contributed by atoms with Gasteiger partial charge in [-0.05, 0) is 68.7 Å². The van der Waals surface area contributed by atoms with Crippen molar-refractivity contribution >= 4 is 34.7 Å². The van der Waals surface area contributed by atoms with E-state index in [4.69, 9.17) is 17.5 Å². The molecule has 186 valence electrons. The van der Waals surface area contributed by atoms with Crippen molar-refractivity contribution in [3.8, 4) is 6.07 Å². The van der Waals surface area contributed by atoms with Gasteiger partial charge in [0.25, 0.3) is 0 Å². The summed E-state index contributed by atoms with van der Waals surface area (Å²) in [4.78, 5) is 13.7. The van der Waals surface area contributed by atoms with Crippen molar-refractivity contribution in [3.63, 3.8) is 0 Å². The zero-order valence-electron chi connectivity index (χ0n) is 19.2. The number of hydrogen-bond acceptors (Lipinski definition) is 5. The first-order chi connectivity index (χ1) is 16.3. The molecule has 0 amide bonds. The number of anilines is 2. The third kappa shape index (κ3) is 4.94. The lowest BCUT2D eigenvalue weighted by Gasteiger charge is -2.33. The number of hydrogen-bond donors (Lipinski definition) is 1. The van der Waals surface area contributed by atoms with Crippen LogP contribution in [-0.2, 0) is 22.1 Å². The van der Waals surface area contributed by atoms with Crippen LogP contribution < -0.4 is 9.80 Å². The molecule has 6 nitrogen and oxygen atoms in total. The average molecular weight is 510 g/mol. The number of rotatable bonds is 6. The molecule has 1 atom stereocenters. The Morgan fingerprint density at radius 3 is 2.40 bits per heavy atom. The highest BCUT2D eigenvalue weighted by Crippen LogP contribution is 2.43. The predicted molar refractivity (Wildman–Crippen MR) is 125 cm³/mol. The summed E-state index contributed by atoms with van der Waals surface area (Å²) < 4.78 is 60.2. The average Bonchev–Trinajstić information content (AvgIpc) is 2.97. The molecule has 1 heterocycles. The molecular formula is C24H23F4N3O3S. The molecule has 0 aromatic heterocycles. The number of nitrogens with zero attached hydrogens (tertiary/aromatic N) is 3. The van der Waals surface area contributed by atoms with E-state index in [1.807, 2.05) is 12.1 Å². The maximum atomic E-state index is 15.1. The lowest BCUT2D eigenvalue weighted by atomic mass is 10.00. The molecule has 0 radical (unpaired) electrons. The molecule has 0 aliphatic carbocycles. The zero-order chi connectivity index (χ0) is 26.1. The number of ether oxygens (including phenoxy) is 1. The third-order valence-corrected chi connectivity index (χ3v) is 6.28. The largest absolute Gasteiger partial charge is 0.469 e. The number of thiocarbonyl (C=S) groups is 1. The Morgan fingerprint density at radius 2 is 1.86 bits per heavy atom. The highest BCUT2D eigenvalue weighted by Gasteiger charge is 2.51. The van der Waals surface area contributed by atoms with Gasteiger partial charge in [-0.1, -0.05) is 12.1 Å². The van der Waals surface area contributed by atoms with E-state index >= 15 is 4.39 Å². The fraction of sp³-hybridized carbons (Fsp3) is 0.375. The molecule has 1 N–H and O–H groups in total. The van der Waals surface area contributed by atoms with Gasteiger partial charge in [0.1, 0.15) is 5.56 Å². The van der Waals surface area contributed by atoms with Gasteiger partial charge in [-0.2, -0.15) is 18.4 Å². The molecule has 2 aromatic rings. The van der Waals surface area contributed by atoms with E-state index in [0.717, 1.165) is 22.6 Å². The van der Waals surface area contributed by atoms with Gasteiger partial charge in [-0.15, -0.1) is 0 Å². The van der Waals surface area contributed by atoms with Crippen molar-refractivity contribution in [2.75, 3.05) is 16.9 Å². The molecule has 2 aromatic carbocycles. The fourth-order valence-corrected chi connectivity index (χ4v) is 4.58. The minimum Gasteiger partial charge on any atom is -0.469 e. The van der Waals surface area contributed by atoms with Crippen LogP contribution in [0.3, 0.4) is 0 Å². The van der Waals surface area contributed by atoms with Gasteiger partial charge in [-0.3, -0.25) is 9.69 Å². The van der Waals surface area contributed by atoms with Crippen LogP contribution in [0, 0.1) is 17.1 Å². The number of carbonyl (C=O) groups is 1. The highest BCUT2D eigenvalue weighted by atomic mass is 32.1. The van der Waals surface area contributed by atoms with Crippen molar-refractivity contribution in [1.29, 1.82) is 5.26 Å². The SMILES string of the molecule is COC(=O)CCCc1ccc(N2C(=S)N(c3ccc(C#N)c(C(F)(F)F)c3F)C(O)C2(C)C)cc1. The summed E-state index contributed by atoms with van der Waals surface area (Å²) in [6.07, 6.45) is -5.12. The maximum absolute atomic E-state index is 15.1. The molecule has 1 unspecified atom stereocenters. The lowest BCUT2D eigenvalue weighted by molar-refractivity contribution is -0.141. The van der Waals surface area contributed by atoms with Gasteiger partial charge in [-0.25, -0.2) is 4.39 Å². The number of methoxy groups -OCH3 is 1. The van der Waals surface area contributed by atoms with E-state index in [1.54, 1.807) is 26.0 Å². The van der Waals surface area contributed by atoms with Crippen molar-refractivity contribution in [2.45, 2.75) is 51.1 Å². The number of esters is 1. The van der Waals surface area contributed by atoms with E-state index in [9.17, 15) is 23.1 Å². The summed E-state index contributed by atoms with van der Waals surface area (Å²) in [5, 5.41) is 19.9. The summed E-state index contributed by atoms with van der Waals surface area (Å²) in [5.41, 5.74) is -2.81. The number of alkyl halides is 3. The molecule has 0 spiro atoms. The number of aliphatic hydroxyl groups excluding tert-OH is 1. The van der Waals surface area contributed by atoms with Crippen LogP contribution in [-0.4, -0.2) is 35.1 Å². The van der Waals surface area contributed by atoms with Gasteiger partial charge in [0.15, 0.2) is 17.2 Å². The second kappa shape index (κ2) is 9.79. The van der Waals surface area contributed by atoms with Crippen molar-refractivity contribution in [2.24, 2.45) is 0 Å². The van der Waals surface area contributed by atoms with Crippen LogP contribution in [0.5, 0.6) is 0 Å². The van der Waals surface area contributed by atoms with Crippen LogP contribution in [0.2, 0.25) is 0 Å². The number of carbonyl (C=O) groups excluding carboxylic acids is 1. The Morgan fingerprint density at radius 1 is 1.23 bits per heavy atom. The standard InChI is InChI=1S/C24H23F4N3O3S/c1-23(2)21(33)30(17-12-9-15(13-29)19(20(17)25)24(26,27)28)22(35)31(23)16-10-7-14(8-11-16)5-4-6-18(32)34-3/h7-12,21,33H,4-6H2,1-3H3. The van der Waals surface area contributed by atoms with E-state index in [1.165, 1.54) is 18.1 Å². The summed E-state index contributed by atoms with van der Waals surface area (Å²) in [6, 6.07) is 10.3. The molecule has 35 heavy (non-hydrogen) atoms. The maximum Gasteiger partial charge on any atom is 0.420 e. The minimum absolute atomic E-state index is 0.0994. The molecule has 1 aliphatic rings. The van der Waals surface area contributed by atoms with Crippen molar-refractivity contribution in [3.05, 3.63) is 58.9 Å². The number of benzene rings is 2. The Kier molecular flexibility index (Phi) is 7.38. The van der Waals surface area contributed by atoms with E-state index in [0.29, 0.717) is 18.5 Å². The molecule has 1 saturated heterocycles. The first kappa shape index (κ1) is 26.4.